The van der Waals surface area contributed by atoms with Gasteiger partial charge in [-0.05, 0) is 39.4 Å². The second-order valence-corrected chi connectivity index (χ2v) is 4.81. The van der Waals surface area contributed by atoms with Crippen LogP contribution >= 0.6 is 45.2 Å². The van der Waals surface area contributed by atoms with Crippen LogP contribution in [0.2, 0.25) is 0 Å². The summed E-state index contributed by atoms with van der Waals surface area (Å²) in [6.45, 7) is 0. The van der Waals surface area contributed by atoms with Gasteiger partial charge in [-0.2, -0.15) is 0 Å². The van der Waals surface area contributed by atoms with Crippen LogP contribution in [0.4, 0.5) is 0 Å². The lowest BCUT2D eigenvalue weighted by Crippen LogP contribution is -2.35. The molecule has 6 heteroatoms. The predicted octanol–water partition coefficient (Wildman–Crippen LogP) is 1.23. The highest BCUT2D eigenvalue weighted by atomic mass is 127. The zero-order valence-electron chi connectivity index (χ0n) is 6.78. The van der Waals surface area contributed by atoms with Crippen molar-refractivity contribution in [3.8, 4) is 11.6 Å². The largest absolute Gasteiger partial charge is 0.538 e. The van der Waals surface area contributed by atoms with Crippen LogP contribution in [0.15, 0.2) is 28.8 Å². The van der Waals surface area contributed by atoms with E-state index in [9.17, 15) is 5.11 Å². The van der Waals surface area contributed by atoms with Crippen molar-refractivity contribution < 1.29 is 14.3 Å². The summed E-state index contributed by atoms with van der Waals surface area (Å²) < 4.78 is 7.58. The van der Waals surface area contributed by atoms with Crippen LogP contribution in [0.3, 0.4) is 0 Å². The smallest absolute Gasteiger partial charge is 0.298 e. The summed E-state index contributed by atoms with van der Waals surface area (Å²) in [5.41, 5.74) is 0.820. The van der Waals surface area contributed by atoms with Gasteiger partial charge in [0.1, 0.15) is 0 Å². The Hall–Kier alpha value is -0.380. The Labute approximate surface area is 107 Å². The number of hydrogen-bond donors (Lipinski definition) is 0. The predicted molar refractivity (Wildman–Crippen MR) is 62.9 cm³/mol. The van der Waals surface area contributed by atoms with E-state index in [-0.39, 0.29) is 0 Å². The Balaban J connectivity index is 2.49. The quantitative estimate of drug-likeness (QED) is 0.522. The fourth-order valence-corrected chi connectivity index (χ4v) is 1.81. The van der Waals surface area contributed by atoms with Crippen LogP contribution in [-0.2, 0) is 0 Å². The van der Waals surface area contributed by atoms with Crippen LogP contribution in [0.25, 0.3) is 5.69 Å². The molecule has 0 saturated heterocycles. The third-order valence-electron chi connectivity index (χ3n) is 1.63. The summed E-state index contributed by atoms with van der Waals surface area (Å²) in [5, 5.41) is 14.7. The van der Waals surface area contributed by atoms with Gasteiger partial charge in [0.05, 0.1) is 5.27 Å². The molecule has 0 aliphatic rings. The average Bonchev–Trinajstić information content (AvgIpc) is 2.50. The van der Waals surface area contributed by atoms with E-state index in [4.69, 9.17) is 0 Å². The first-order valence-corrected chi connectivity index (χ1v) is 5.84. The molecule has 0 unspecified atom stereocenters. The Morgan fingerprint density at radius 3 is 2.36 bits per heavy atom. The highest BCUT2D eigenvalue weighted by molar-refractivity contribution is 14.1. The second kappa shape index (κ2) is 4.01. The maximum absolute atomic E-state index is 11.0. The molecule has 0 saturated carbocycles. The van der Waals surface area contributed by atoms with Gasteiger partial charge in [0.2, 0.25) is 5.69 Å². The summed E-state index contributed by atoms with van der Waals surface area (Å²) in [5.74, 6) is -0.413. The normalized spacial score (nSPS) is 10.4. The third-order valence-corrected chi connectivity index (χ3v) is 3.25. The fraction of sp³-hybridized carbons (Fsp3) is 0. The van der Waals surface area contributed by atoms with Crippen molar-refractivity contribution in [1.29, 1.82) is 0 Å². The van der Waals surface area contributed by atoms with Crippen molar-refractivity contribution in [2.24, 2.45) is 0 Å². The first kappa shape index (κ1) is 10.1. The molecule has 0 atom stereocenters. The molecular weight excluding hydrogens is 410 g/mol. The monoisotopic (exact) mass is 414 g/mol. The standard InChI is InChI=1S/C8H4I2N2O2/c9-5-1-3-6(4-2-5)12-7(10)8(13)14-11-12/h1-4H. The molecule has 0 radical (unpaired) electrons. The minimum absolute atomic E-state index is 0.413. The molecule has 0 amide bonds. The molecule has 2 aromatic rings. The molecular formula is C8H4I2N2O2. The Bertz CT molecular complexity index is 453. The van der Waals surface area contributed by atoms with Gasteiger partial charge in [0, 0.05) is 38.3 Å². The van der Waals surface area contributed by atoms with E-state index in [2.05, 4.69) is 32.4 Å². The molecule has 0 spiro atoms. The maximum Gasteiger partial charge on any atom is 0.298 e. The number of nitrogens with zero attached hydrogens (tertiary/aromatic N) is 2. The van der Waals surface area contributed by atoms with Crippen LogP contribution in [0.5, 0.6) is 5.95 Å². The summed E-state index contributed by atoms with van der Waals surface area (Å²) in [6.07, 6.45) is 0. The van der Waals surface area contributed by atoms with Crippen molar-refractivity contribution in [3.05, 3.63) is 31.5 Å². The minimum atomic E-state index is -0.413. The first-order chi connectivity index (χ1) is 6.68. The van der Waals surface area contributed by atoms with Gasteiger partial charge in [0.25, 0.3) is 3.70 Å². The summed E-state index contributed by atoms with van der Waals surface area (Å²) in [6, 6.07) is 7.65. The number of aromatic nitrogens is 2. The van der Waals surface area contributed by atoms with Crippen molar-refractivity contribution >= 4 is 45.2 Å². The SMILES string of the molecule is [O-]c1on[n+](-c2ccc(I)cc2)c1I. The van der Waals surface area contributed by atoms with Crippen molar-refractivity contribution in [3.63, 3.8) is 0 Å². The van der Waals surface area contributed by atoms with E-state index in [1.54, 1.807) is 0 Å². The highest BCUT2D eigenvalue weighted by Gasteiger charge is 2.16. The summed E-state index contributed by atoms with van der Waals surface area (Å²) >= 11 is 4.12. The third kappa shape index (κ3) is 1.85. The van der Waals surface area contributed by atoms with E-state index in [0.717, 1.165) is 9.26 Å². The van der Waals surface area contributed by atoms with Crippen LogP contribution in [-0.4, -0.2) is 5.27 Å². The van der Waals surface area contributed by atoms with E-state index in [0.29, 0.717) is 3.70 Å². The fourth-order valence-electron chi connectivity index (χ4n) is 0.981. The highest BCUT2D eigenvalue weighted by Crippen LogP contribution is 2.13. The molecule has 4 nitrogen and oxygen atoms in total. The molecule has 1 heterocycles. The number of rotatable bonds is 1. The molecule has 2 rings (SSSR count). The van der Waals surface area contributed by atoms with Crippen LogP contribution < -0.4 is 9.79 Å². The lowest BCUT2D eigenvalue weighted by Gasteiger charge is -1.90. The molecule has 0 aliphatic carbocycles. The zero-order valence-corrected chi connectivity index (χ0v) is 11.1. The number of hydrogen-bond acceptors (Lipinski definition) is 3. The Morgan fingerprint density at radius 1 is 1.21 bits per heavy atom. The van der Waals surface area contributed by atoms with E-state index in [1.807, 2.05) is 46.9 Å². The lowest BCUT2D eigenvalue weighted by molar-refractivity contribution is -0.682. The molecule has 1 aromatic carbocycles. The zero-order chi connectivity index (χ0) is 10.1. The Kier molecular flexibility index (Phi) is 2.91. The van der Waals surface area contributed by atoms with Gasteiger partial charge in [-0.15, -0.1) is 0 Å². The number of benzene rings is 1. The lowest BCUT2D eigenvalue weighted by atomic mass is 10.3. The van der Waals surface area contributed by atoms with Crippen LogP contribution in [0, 0.1) is 7.27 Å². The minimum Gasteiger partial charge on any atom is -0.538 e. The van der Waals surface area contributed by atoms with Crippen molar-refractivity contribution in [1.82, 2.24) is 5.27 Å². The molecule has 14 heavy (non-hydrogen) atoms. The van der Waals surface area contributed by atoms with Crippen molar-refractivity contribution in [2.75, 3.05) is 0 Å². The van der Waals surface area contributed by atoms with Crippen LogP contribution in [0.1, 0.15) is 0 Å². The molecule has 0 aliphatic heterocycles. The van der Waals surface area contributed by atoms with Gasteiger partial charge in [-0.25, -0.2) is 0 Å². The number of halogens is 2. The second-order valence-electron chi connectivity index (χ2n) is 2.54. The van der Waals surface area contributed by atoms with E-state index < -0.39 is 5.95 Å². The summed E-state index contributed by atoms with van der Waals surface area (Å²) in [7, 11) is 0. The van der Waals surface area contributed by atoms with Gasteiger partial charge >= 0.3 is 0 Å². The van der Waals surface area contributed by atoms with E-state index >= 15 is 0 Å². The molecule has 0 N–H and O–H groups in total. The summed E-state index contributed by atoms with van der Waals surface area (Å²) in [4.78, 5) is 0. The molecule has 1 aromatic heterocycles. The maximum atomic E-state index is 11.0. The van der Waals surface area contributed by atoms with Gasteiger partial charge < -0.3 is 9.63 Å². The molecule has 0 fully saturated rings. The van der Waals surface area contributed by atoms with Gasteiger partial charge in [-0.3, -0.25) is 0 Å². The Morgan fingerprint density at radius 2 is 1.86 bits per heavy atom. The average molecular weight is 414 g/mol. The van der Waals surface area contributed by atoms with Gasteiger partial charge in [-0.1, -0.05) is 0 Å². The van der Waals surface area contributed by atoms with E-state index in [1.165, 1.54) is 4.68 Å². The van der Waals surface area contributed by atoms with Gasteiger partial charge in [0.15, 0.2) is 5.95 Å². The molecule has 0 bridgehead atoms. The first-order valence-electron chi connectivity index (χ1n) is 3.69. The van der Waals surface area contributed by atoms with Crippen molar-refractivity contribution in [2.45, 2.75) is 0 Å². The topological polar surface area (TPSA) is 53.0 Å². The molecule has 72 valence electrons.